The van der Waals surface area contributed by atoms with Gasteiger partial charge in [-0.1, -0.05) is 6.07 Å². The van der Waals surface area contributed by atoms with Crippen LogP contribution < -0.4 is 11.1 Å². The van der Waals surface area contributed by atoms with E-state index >= 15 is 0 Å². The van der Waals surface area contributed by atoms with Crippen molar-refractivity contribution in [2.24, 2.45) is 11.7 Å². The van der Waals surface area contributed by atoms with Crippen LogP contribution in [0.4, 0.5) is 5.69 Å². The summed E-state index contributed by atoms with van der Waals surface area (Å²) in [4.78, 5) is 14.7. The van der Waals surface area contributed by atoms with Crippen LogP contribution in [0.3, 0.4) is 0 Å². The fourth-order valence-electron chi connectivity index (χ4n) is 3.63. The number of hydrogen-bond donors (Lipinski definition) is 2. The monoisotopic (exact) mass is 331 g/mol. The summed E-state index contributed by atoms with van der Waals surface area (Å²) in [6.45, 7) is 9.21. The maximum Gasteiger partial charge on any atom is 0.254 e. The topological polar surface area (TPSA) is 58.4 Å². The Morgan fingerprint density at radius 2 is 1.79 bits per heavy atom. The number of carbonyl (C=O) groups excluding carboxylic acids is 1. The fourth-order valence-corrected chi connectivity index (χ4v) is 3.63. The highest BCUT2D eigenvalue weighted by Gasteiger charge is 2.22. The Hall–Kier alpha value is -1.55. The summed E-state index contributed by atoms with van der Waals surface area (Å²) in [6.07, 6.45) is 4.65. The van der Waals surface area contributed by atoms with Gasteiger partial charge in [0.15, 0.2) is 0 Å². The van der Waals surface area contributed by atoms with Gasteiger partial charge in [0, 0.05) is 35.9 Å². The molecule has 0 unspecified atom stereocenters. The smallest absolute Gasteiger partial charge is 0.254 e. The van der Waals surface area contributed by atoms with E-state index in [9.17, 15) is 4.79 Å². The Kier molecular flexibility index (Phi) is 6.67. The van der Waals surface area contributed by atoms with Gasteiger partial charge >= 0.3 is 0 Å². The molecule has 1 amide bonds. The Balaban J connectivity index is 1.99. The molecular weight excluding hydrogens is 298 g/mol. The molecule has 4 nitrogen and oxygen atoms in total. The van der Waals surface area contributed by atoms with Crippen molar-refractivity contribution in [1.29, 1.82) is 0 Å². The van der Waals surface area contributed by atoms with Crippen LogP contribution in [0, 0.1) is 5.92 Å². The number of benzene rings is 1. The second-order valence-electron chi connectivity index (χ2n) is 7.64. The van der Waals surface area contributed by atoms with Gasteiger partial charge in [-0.25, -0.2) is 0 Å². The van der Waals surface area contributed by atoms with Gasteiger partial charge in [-0.3, -0.25) is 4.79 Å². The molecule has 1 fully saturated rings. The maximum atomic E-state index is 12.8. The van der Waals surface area contributed by atoms with Gasteiger partial charge in [-0.2, -0.15) is 0 Å². The van der Waals surface area contributed by atoms with Crippen molar-refractivity contribution in [3.8, 4) is 0 Å². The summed E-state index contributed by atoms with van der Waals surface area (Å²) in [5, 5.41) is 3.51. The summed E-state index contributed by atoms with van der Waals surface area (Å²) in [7, 11) is 0. The summed E-state index contributed by atoms with van der Waals surface area (Å²) in [5.41, 5.74) is 7.76. The van der Waals surface area contributed by atoms with Crippen molar-refractivity contribution in [3.05, 3.63) is 29.8 Å². The van der Waals surface area contributed by atoms with Crippen LogP contribution in [-0.2, 0) is 0 Å². The van der Waals surface area contributed by atoms with Gasteiger partial charge in [0.05, 0.1) is 0 Å². The van der Waals surface area contributed by atoms with E-state index in [-0.39, 0.29) is 18.0 Å². The molecule has 0 bridgehead atoms. The van der Waals surface area contributed by atoms with Crippen LogP contribution in [0.2, 0.25) is 0 Å². The van der Waals surface area contributed by atoms with E-state index < -0.39 is 0 Å². The molecule has 0 saturated heterocycles. The van der Waals surface area contributed by atoms with Crippen LogP contribution in [0.15, 0.2) is 24.3 Å². The Labute approximate surface area is 146 Å². The zero-order chi connectivity index (χ0) is 17.7. The lowest BCUT2D eigenvalue weighted by molar-refractivity contribution is 0.0644. The predicted molar refractivity (Wildman–Crippen MR) is 101 cm³/mol. The molecule has 0 aliphatic heterocycles. The summed E-state index contributed by atoms with van der Waals surface area (Å²) >= 11 is 0. The van der Waals surface area contributed by atoms with Crippen LogP contribution >= 0.6 is 0 Å². The van der Waals surface area contributed by atoms with E-state index in [1.54, 1.807) is 0 Å². The molecule has 0 aromatic heterocycles. The predicted octanol–water partition coefficient (Wildman–Crippen LogP) is 3.88. The SMILES string of the molecule is CC(C)N(C(=O)c1cccc(NCC2CCC(N)CC2)c1)C(C)C. The normalized spacial score (nSPS) is 21.1. The third kappa shape index (κ3) is 4.97. The molecule has 1 aliphatic carbocycles. The molecule has 1 saturated carbocycles. The van der Waals surface area contributed by atoms with Crippen molar-refractivity contribution in [2.45, 2.75) is 71.5 Å². The highest BCUT2D eigenvalue weighted by molar-refractivity contribution is 5.95. The van der Waals surface area contributed by atoms with Crippen molar-refractivity contribution >= 4 is 11.6 Å². The second kappa shape index (κ2) is 8.52. The van der Waals surface area contributed by atoms with E-state index in [4.69, 9.17) is 5.73 Å². The zero-order valence-corrected chi connectivity index (χ0v) is 15.6. The maximum absolute atomic E-state index is 12.8. The molecule has 24 heavy (non-hydrogen) atoms. The minimum absolute atomic E-state index is 0.104. The Morgan fingerprint density at radius 3 is 2.38 bits per heavy atom. The Bertz CT molecular complexity index is 525. The standard InChI is InChI=1S/C20H33N3O/c1-14(2)23(15(3)4)20(24)17-6-5-7-19(12-17)22-13-16-8-10-18(21)11-9-16/h5-7,12,14-16,18,22H,8-11,13,21H2,1-4H3. The molecule has 4 heteroatoms. The Morgan fingerprint density at radius 1 is 1.17 bits per heavy atom. The molecule has 0 spiro atoms. The number of hydrogen-bond acceptors (Lipinski definition) is 3. The van der Waals surface area contributed by atoms with E-state index in [1.165, 1.54) is 12.8 Å². The molecule has 0 heterocycles. The minimum Gasteiger partial charge on any atom is -0.385 e. The van der Waals surface area contributed by atoms with Gasteiger partial charge in [0.25, 0.3) is 5.91 Å². The minimum atomic E-state index is 0.104. The molecule has 0 atom stereocenters. The van der Waals surface area contributed by atoms with Crippen molar-refractivity contribution in [1.82, 2.24) is 4.90 Å². The first-order valence-corrected chi connectivity index (χ1v) is 9.30. The highest BCUT2D eigenvalue weighted by atomic mass is 16.2. The molecule has 1 aliphatic rings. The van der Waals surface area contributed by atoms with Crippen LogP contribution in [-0.4, -0.2) is 35.5 Å². The molecule has 1 aromatic rings. The van der Waals surface area contributed by atoms with Crippen LogP contribution in [0.1, 0.15) is 63.7 Å². The number of nitrogens with one attached hydrogen (secondary N) is 1. The van der Waals surface area contributed by atoms with Crippen molar-refractivity contribution in [2.75, 3.05) is 11.9 Å². The van der Waals surface area contributed by atoms with Gasteiger partial charge < -0.3 is 16.0 Å². The first-order chi connectivity index (χ1) is 11.4. The average molecular weight is 332 g/mol. The summed E-state index contributed by atoms with van der Waals surface area (Å²) in [5.74, 6) is 0.791. The first-order valence-electron chi connectivity index (χ1n) is 9.30. The van der Waals surface area contributed by atoms with Crippen molar-refractivity contribution < 1.29 is 4.79 Å². The summed E-state index contributed by atoms with van der Waals surface area (Å²) < 4.78 is 0. The third-order valence-electron chi connectivity index (χ3n) is 4.94. The van der Waals surface area contributed by atoms with Gasteiger partial charge in [0.2, 0.25) is 0 Å². The van der Waals surface area contributed by atoms with E-state index in [0.717, 1.165) is 30.6 Å². The van der Waals surface area contributed by atoms with Gasteiger partial charge in [-0.05, 0) is 77.5 Å². The summed E-state index contributed by atoms with van der Waals surface area (Å²) in [6, 6.07) is 8.67. The molecule has 0 radical (unpaired) electrons. The largest absolute Gasteiger partial charge is 0.385 e. The van der Waals surface area contributed by atoms with E-state index in [2.05, 4.69) is 33.0 Å². The van der Waals surface area contributed by atoms with Crippen LogP contribution in [0.5, 0.6) is 0 Å². The molecule has 134 valence electrons. The quantitative estimate of drug-likeness (QED) is 0.832. The average Bonchev–Trinajstić information content (AvgIpc) is 2.54. The lowest BCUT2D eigenvalue weighted by Gasteiger charge is -2.31. The number of nitrogens with two attached hydrogens (primary N) is 1. The first kappa shape index (κ1) is 18.8. The molecule has 2 rings (SSSR count). The van der Waals surface area contributed by atoms with Crippen molar-refractivity contribution in [3.63, 3.8) is 0 Å². The van der Waals surface area contributed by atoms with Crippen LogP contribution in [0.25, 0.3) is 0 Å². The lowest BCUT2D eigenvalue weighted by Crippen LogP contribution is -2.42. The number of rotatable bonds is 6. The number of nitrogens with zero attached hydrogens (tertiary/aromatic N) is 1. The lowest BCUT2D eigenvalue weighted by atomic mass is 9.86. The number of amides is 1. The number of anilines is 1. The highest BCUT2D eigenvalue weighted by Crippen LogP contribution is 2.24. The number of carbonyl (C=O) groups is 1. The molecule has 3 N–H and O–H groups in total. The zero-order valence-electron chi connectivity index (χ0n) is 15.6. The molecule has 1 aromatic carbocycles. The second-order valence-corrected chi connectivity index (χ2v) is 7.64. The van der Waals surface area contributed by atoms with Gasteiger partial charge in [-0.15, -0.1) is 0 Å². The molecular formula is C20H33N3O. The fraction of sp³-hybridized carbons (Fsp3) is 0.650. The van der Waals surface area contributed by atoms with E-state index in [0.29, 0.717) is 12.0 Å². The van der Waals surface area contributed by atoms with E-state index in [1.807, 2.05) is 29.2 Å². The van der Waals surface area contributed by atoms with Gasteiger partial charge in [0.1, 0.15) is 0 Å². The third-order valence-corrected chi connectivity index (χ3v) is 4.94.